The monoisotopic (exact) mass is 342 g/mol. The van der Waals surface area contributed by atoms with Gasteiger partial charge in [0.1, 0.15) is 0 Å². The summed E-state index contributed by atoms with van der Waals surface area (Å²) in [4.78, 5) is 0. The molecule has 128 valence electrons. The fraction of sp³-hybridized carbons (Fsp3) is 0.250. The molecule has 0 fully saturated rings. The van der Waals surface area contributed by atoms with Gasteiger partial charge >= 0.3 is 0 Å². The summed E-state index contributed by atoms with van der Waals surface area (Å²) in [6, 6.07) is 9.43. The molecule has 0 amide bonds. The number of phenols is 4. The van der Waals surface area contributed by atoms with E-state index in [0.717, 1.165) is 11.1 Å². The number of hydrogen-bond donors (Lipinski definition) is 6. The third kappa shape index (κ3) is 7.10. The van der Waals surface area contributed by atoms with Crippen molar-refractivity contribution in [1.82, 2.24) is 0 Å². The highest BCUT2D eigenvalue weighted by Crippen LogP contribution is 2.25. The molecule has 0 radical (unpaired) electrons. The van der Waals surface area contributed by atoms with Crippen LogP contribution in [0.4, 0.5) is 0 Å². The van der Waals surface area contributed by atoms with Crippen molar-refractivity contribution in [1.29, 1.82) is 0 Å². The minimum absolute atomic E-state index is 0. The fourth-order valence-corrected chi connectivity index (χ4v) is 1.78. The van der Waals surface area contributed by atoms with Gasteiger partial charge in [0.2, 0.25) is 0 Å². The van der Waals surface area contributed by atoms with Crippen molar-refractivity contribution in [3.63, 3.8) is 0 Å². The highest BCUT2D eigenvalue weighted by molar-refractivity contribution is 5.85. The maximum absolute atomic E-state index is 9.04. The second-order valence-electron chi connectivity index (χ2n) is 4.72. The van der Waals surface area contributed by atoms with E-state index in [4.69, 9.17) is 31.9 Å². The summed E-state index contributed by atoms with van der Waals surface area (Å²) in [5.41, 5.74) is 12.5. The zero-order valence-electron chi connectivity index (χ0n) is 12.6. The molecule has 2 aromatic rings. The van der Waals surface area contributed by atoms with E-state index in [1.807, 2.05) is 0 Å². The van der Waals surface area contributed by atoms with Crippen LogP contribution >= 0.6 is 12.4 Å². The van der Waals surface area contributed by atoms with Gasteiger partial charge in [0.05, 0.1) is 0 Å². The van der Waals surface area contributed by atoms with E-state index >= 15 is 0 Å². The molecule has 0 aliphatic heterocycles. The zero-order chi connectivity index (χ0) is 16.5. The SMILES string of the molecule is Cl.NCCc1ccc(O)c(O)c1.NCCc1ccc(O)c(O)c1. The van der Waals surface area contributed by atoms with Crippen LogP contribution in [0.2, 0.25) is 0 Å². The van der Waals surface area contributed by atoms with E-state index < -0.39 is 0 Å². The fourth-order valence-electron chi connectivity index (χ4n) is 1.78. The van der Waals surface area contributed by atoms with Gasteiger partial charge in [0.15, 0.2) is 23.0 Å². The first-order chi connectivity index (χ1) is 10.5. The van der Waals surface area contributed by atoms with Crippen LogP contribution in [-0.2, 0) is 12.8 Å². The number of nitrogens with two attached hydrogens (primary N) is 2. The Bertz CT molecular complexity index is 555. The summed E-state index contributed by atoms with van der Waals surface area (Å²) in [6.45, 7) is 1.09. The number of hydrogen-bond acceptors (Lipinski definition) is 6. The molecular formula is C16H23ClN2O4. The van der Waals surface area contributed by atoms with Gasteiger partial charge < -0.3 is 31.9 Å². The molecule has 0 bridgehead atoms. The van der Waals surface area contributed by atoms with Crippen LogP contribution in [0.15, 0.2) is 36.4 Å². The Hall–Kier alpha value is -2.15. The molecule has 0 spiro atoms. The summed E-state index contributed by atoms with van der Waals surface area (Å²) < 4.78 is 0. The number of phenolic OH excluding ortho intramolecular Hbond substituents is 4. The summed E-state index contributed by atoms with van der Waals surface area (Å²) in [6.07, 6.45) is 1.43. The van der Waals surface area contributed by atoms with Crippen LogP contribution in [0.25, 0.3) is 0 Å². The topological polar surface area (TPSA) is 133 Å². The molecule has 0 aromatic heterocycles. The maximum Gasteiger partial charge on any atom is 0.157 e. The second-order valence-corrected chi connectivity index (χ2v) is 4.72. The molecule has 0 saturated carbocycles. The normalized spacial score (nSPS) is 9.48. The predicted molar refractivity (Wildman–Crippen MR) is 92.3 cm³/mol. The molecule has 8 N–H and O–H groups in total. The average molecular weight is 343 g/mol. The molecule has 0 aliphatic rings. The van der Waals surface area contributed by atoms with E-state index in [1.165, 1.54) is 24.3 Å². The van der Waals surface area contributed by atoms with Gasteiger partial charge in [-0.3, -0.25) is 0 Å². The Morgan fingerprint density at radius 1 is 0.609 bits per heavy atom. The van der Waals surface area contributed by atoms with E-state index in [9.17, 15) is 0 Å². The Labute approximate surface area is 141 Å². The summed E-state index contributed by atoms with van der Waals surface area (Å²) in [5.74, 6) is -0.358. The van der Waals surface area contributed by atoms with Gasteiger partial charge in [-0.1, -0.05) is 12.1 Å². The second kappa shape index (κ2) is 10.6. The van der Waals surface area contributed by atoms with E-state index in [0.29, 0.717) is 25.9 Å². The molecule has 2 rings (SSSR count). The minimum Gasteiger partial charge on any atom is -0.504 e. The molecular weight excluding hydrogens is 320 g/mol. The smallest absolute Gasteiger partial charge is 0.157 e. The van der Waals surface area contributed by atoms with Crippen molar-refractivity contribution in [3.8, 4) is 23.0 Å². The maximum atomic E-state index is 9.04. The Balaban J connectivity index is 0.000000403. The molecule has 2 aromatic carbocycles. The predicted octanol–water partition coefficient (Wildman–Crippen LogP) is 1.62. The molecule has 0 heterocycles. The van der Waals surface area contributed by atoms with Crippen LogP contribution in [-0.4, -0.2) is 33.5 Å². The van der Waals surface area contributed by atoms with E-state index in [2.05, 4.69) is 0 Å². The average Bonchev–Trinajstić information content (AvgIpc) is 2.48. The molecule has 0 atom stereocenters. The lowest BCUT2D eigenvalue weighted by atomic mass is 10.1. The van der Waals surface area contributed by atoms with Gasteiger partial charge in [0.25, 0.3) is 0 Å². The third-order valence-corrected chi connectivity index (χ3v) is 2.95. The largest absolute Gasteiger partial charge is 0.504 e. The first-order valence-corrected chi connectivity index (χ1v) is 6.89. The van der Waals surface area contributed by atoms with Gasteiger partial charge in [-0.15, -0.1) is 12.4 Å². The number of benzene rings is 2. The van der Waals surface area contributed by atoms with Crippen molar-refractivity contribution in [2.45, 2.75) is 12.8 Å². The van der Waals surface area contributed by atoms with Crippen molar-refractivity contribution in [2.75, 3.05) is 13.1 Å². The van der Waals surface area contributed by atoms with Crippen molar-refractivity contribution in [3.05, 3.63) is 47.5 Å². The lowest BCUT2D eigenvalue weighted by Crippen LogP contribution is -2.02. The van der Waals surface area contributed by atoms with Crippen LogP contribution < -0.4 is 11.5 Å². The Morgan fingerprint density at radius 3 is 1.22 bits per heavy atom. The molecule has 7 heteroatoms. The molecule has 0 saturated heterocycles. The van der Waals surface area contributed by atoms with E-state index in [1.54, 1.807) is 12.1 Å². The van der Waals surface area contributed by atoms with Gasteiger partial charge in [-0.05, 0) is 61.3 Å². The highest BCUT2D eigenvalue weighted by atomic mass is 35.5. The molecule has 23 heavy (non-hydrogen) atoms. The molecule has 6 nitrogen and oxygen atoms in total. The minimum atomic E-state index is -0.0919. The Morgan fingerprint density at radius 2 is 0.957 bits per heavy atom. The first-order valence-electron chi connectivity index (χ1n) is 6.89. The van der Waals surface area contributed by atoms with Gasteiger partial charge in [-0.25, -0.2) is 0 Å². The summed E-state index contributed by atoms with van der Waals surface area (Å²) >= 11 is 0. The summed E-state index contributed by atoms with van der Waals surface area (Å²) in [7, 11) is 0. The van der Waals surface area contributed by atoms with Gasteiger partial charge in [-0.2, -0.15) is 0 Å². The Kier molecular flexibility index (Phi) is 9.57. The number of halogens is 1. The number of aromatic hydroxyl groups is 4. The van der Waals surface area contributed by atoms with Crippen molar-refractivity contribution >= 4 is 12.4 Å². The lowest BCUT2D eigenvalue weighted by Gasteiger charge is -2.00. The van der Waals surface area contributed by atoms with Crippen LogP contribution in [0.3, 0.4) is 0 Å². The summed E-state index contributed by atoms with van der Waals surface area (Å²) in [5, 5.41) is 35.9. The standard InChI is InChI=1S/2C8H11NO2.ClH/c2*9-4-3-6-1-2-7(10)8(11)5-6;/h2*1-2,5,10-11H,3-4,9H2;1H. The van der Waals surface area contributed by atoms with Crippen molar-refractivity contribution in [2.24, 2.45) is 11.5 Å². The van der Waals surface area contributed by atoms with Crippen LogP contribution in [0.1, 0.15) is 11.1 Å². The third-order valence-electron chi connectivity index (χ3n) is 2.95. The van der Waals surface area contributed by atoms with Gasteiger partial charge in [0, 0.05) is 0 Å². The van der Waals surface area contributed by atoms with Crippen molar-refractivity contribution < 1.29 is 20.4 Å². The van der Waals surface area contributed by atoms with Crippen LogP contribution in [0.5, 0.6) is 23.0 Å². The van der Waals surface area contributed by atoms with E-state index in [-0.39, 0.29) is 35.4 Å². The molecule has 0 unspecified atom stereocenters. The quantitative estimate of drug-likeness (QED) is 0.468. The zero-order valence-corrected chi connectivity index (χ0v) is 13.5. The highest BCUT2D eigenvalue weighted by Gasteiger charge is 1.99. The number of rotatable bonds is 4. The molecule has 0 aliphatic carbocycles. The lowest BCUT2D eigenvalue weighted by molar-refractivity contribution is 0.403. The first kappa shape index (κ1) is 20.9. The van der Waals surface area contributed by atoms with Crippen LogP contribution in [0, 0.1) is 0 Å².